The predicted octanol–water partition coefficient (Wildman–Crippen LogP) is 4.36. The number of nitrogens with zero attached hydrogens (tertiary/aromatic N) is 1. The smallest absolute Gasteiger partial charge is 0.254 e. The second-order valence-electron chi connectivity index (χ2n) is 5.55. The van der Waals surface area contributed by atoms with E-state index in [1.807, 2.05) is 11.0 Å². The van der Waals surface area contributed by atoms with Gasteiger partial charge in [0.2, 0.25) is 0 Å². The summed E-state index contributed by atoms with van der Waals surface area (Å²) in [4.78, 5) is 14.6. The maximum atomic E-state index is 12.6. The molecule has 1 aliphatic heterocycles. The largest absolute Gasteiger partial charge is 0.335 e. The van der Waals surface area contributed by atoms with Gasteiger partial charge in [-0.1, -0.05) is 41.9 Å². The highest BCUT2D eigenvalue weighted by molar-refractivity contribution is 6.30. The summed E-state index contributed by atoms with van der Waals surface area (Å²) in [5.74, 6) is 0.514. The molecule has 1 heterocycles. The zero-order chi connectivity index (χ0) is 14.8. The summed E-state index contributed by atoms with van der Waals surface area (Å²) < 4.78 is 0. The van der Waals surface area contributed by atoms with Gasteiger partial charge < -0.3 is 4.90 Å². The summed E-state index contributed by atoms with van der Waals surface area (Å²) in [7, 11) is 0. The number of amides is 1. The zero-order valence-corrected chi connectivity index (χ0v) is 12.8. The first kappa shape index (κ1) is 14.2. The number of carbonyl (C=O) groups is 1. The monoisotopic (exact) mass is 299 g/mol. The highest BCUT2D eigenvalue weighted by Gasteiger charge is 2.34. The van der Waals surface area contributed by atoms with Gasteiger partial charge in [-0.3, -0.25) is 4.79 Å². The highest BCUT2D eigenvalue weighted by Crippen LogP contribution is 2.34. The Bertz CT molecular complexity index is 623. The van der Waals surface area contributed by atoms with Gasteiger partial charge in [-0.2, -0.15) is 0 Å². The molecule has 1 aliphatic rings. The minimum absolute atomic E-state index is 0.0950. The number of hydrogen-bond acceptors (Lipinski definition) is 1. The Labute approximate surface area is 130 Å². The lowest BCUT2D eigenvalue weighted by Crippen LogP contribution is -2.35. The molecule has 2 aromatic carbocycles. The van der Waals surface area contributed by atoms with E-state index in [1.165, 1.54) is 5.56 Å². The number of halogens is 1. The third-order valence-corrected chi connectivity index (χ3v) is 4.59. The van der Waals surface area contributed by atoms with E-state index in [1.54, 1.807) is 24.3 Å². The Morgan fingerprint density at radius 1 is 1.10 bits per heavy atom. The molecular formula is C18H18ClNO. The van der Waals surface area contributed by atoms with Crippen molar-refractivity contribution in [1.82, 2.24) is 4.90 Å². The molecule has 108 valence electrons. The fourth-order valence-corrected chi connectivity index (χ4v) is 3.26. The van der Waals surface area contributed by atoms with Crippen molar-refractivity contribution >= 4 is 17.5 Å². The summed E-state index contributed by atoms with van der Waals surface area (Å²) in [6.45, 7) is 2.95. The van der Waals surface area contributed by atoms with E-state index in [0.717, 1.165) is 13.0 Å². The Balaban J connectivity index is 1.79. The summed E-state index contributed by atoms with van der Waals surface area (Å²) >= 11 is 5.88. The second kappa shape index (κ2) is 5.90. The Hall–Kier alpha value is -1.80. The molecule has 0 saturated carbocycles. The van der Waals surface area contributed by atoms with Gasteiger partial charge in [-0.05, 0) is 43.2 Å². The Kier molecular flexibility index (Phi) is 3.98. The van der Waals surface area contributed by atoms with Crippen molar-refractivity contribution in [2.45, 2.75) is 25.3 Å². The first-order chi connectivity index (χ1) is 10.2. The predicted molar refractivity (Wildman–Crippen MR) is 85.8 cm³/mol. The van der Waals surface area contributed by atoms with E-state index < -0.39 is 0 Å². The molecule has 2 unspecified atom stereocenters. The van der Waals surface area contributed by atoms with Gasteiger partial charge in [0, 0.05) is 29.1 Å². The third kappa shape index (κ3) is 2.81. The molecule has 0 aromatic heterocycles. The molecule has 3 rings (SSSR count). The average molecular weight is 300 g/mol. The molecule has 1 saturated heterocycles. The van der Waals surface area contributed by atoms with E-state index in [9.17, 15) is 4.79 Å². The maximum Gasteiger partial charge on any atom is 0.254 e. The van der Waals surface area contributed by atoms with Crippen LogP contribution in [0.3, 0.4) is 0 Å². The van der Waals surface area contributed by atoms with Crippen LogP contribution in [-0.2, 0) is 0 Å². The van der Waals surface area contributed by atoms with Crippen molar-refractivity contribution in [3.05, 3.63) is 70.7 Å². The van der Waals surface area contributed by atoms with Crippen LogP contribution < -0.4 is 0 Å². The van der Waals surface area contributed by atoms with E-state index in [0.29, 0.717) is 16.5 Å². The van der Waals surface area contributed by atoms with Crippen LogP contribution in [0.25, 0.3) is 0 Å². The van der Waals surface area contributed by atoms with Crippen molar-refractivity contribution in [2.24, 2.45) is 0 Å². The first-order valence-electron chi connectivity index (χ1n) is 7.28. The molecule has 0 aliphatic carbocycles. The number of likely N-dealkylation sites (tertiary alicyclic amines) is 1. The van der Waals surface area contributed by atoms with Crippen molar-refractivity contribution < 1.29 is 4.79 Å². The molecule has 2 atom stereocenters. The fraction of sp³-hybridized carbons (Fsp3) is 0.278. The fourth-order valence-electron chi connectivity index (χ4n) is 3.13. The zero-order valence-electron chi connectivity index (χ0n) is 12.0. The summed E-state index contributed by atoms with van der Waals surface area (Å²) in [5, 5.41) is 0.656. The SMILES string of the molecule is CC1C(c2ccccc2)CCN1C(=O)c1ccc(Cl)cc1. The van der Waals surface area contributed by atoms with E-state index in [-0.39, 0.29) is 11.9 Å². The molecule has 3 heteroatoms. The third-order valence-electron chi connectivity index (χ3n) is 4.33. The molecule has 0 N–H and O–H groups in total. The molecule has 1 fully saturated rings. The Morgan fingerprint density at radius 3 is 2.43 bits per heavy atom. The molecule has 0 spiro atoms. The normalized spacial score (nSPS) is 21.5. The number of rotatable bonds is 2. The topological polar surface area (TPSA) is 20.3 Å². The van der Waals surface area contributed by atoms with Crippen LogP contribution in [0, 0.1) is 0 Å². The van der Waals surface area contributed by atoms with Gasteiger partial charge in [-0.15, -0.1) is 0 Å². The molecule has 2 nitrogen and oxygen atoms in total. The Morgan fingerprint density at radius 2 is 1.76 bits per heavy atom. The van der Waals surface area contributed by atoms with E-state index in [2.05, 4.69) is 31.2 Å². The van der Waals surface area contributed by atoms with Crippen LogP contribution in [0.4, 0.5) is 0 Å². The minimum Gasteiger partial charge on any atom is -0.335 e. The molecule has 2 aromatic rings. The number of benzene rings is 2. The molecule has 0 bridgehead atoms. The summed E-state index contributed by atoms with van der Waals surface area (Å²) in [6.07, 6.45) is 1.02. The van der Waals surface area contributed by atoms with Crippen molar-refractivity contribution in [3.8, 4) is 0 Å². The maximum absolute atomic E-state index is 12.6. The van der Waals surface area contributed by atoms with Gasteiger partial charge in [-0.25, -0.2) is 0 Å². The van der Waals surface area contributed by atoms with Crippen molar-refractivity contribution in [2.75, 3.05) is 6.54 Å². The highest BCUT2D eigenvalue weighted by atomic mass is 35.5. The lowest BCUT2D eigenvalue weighted by Gasteiger charge is -2.25. The van der Waals surface area contributed by atoms with E-state index >= 15 is 0 Å². The number of carbonyl (C=O) groups excluding carboxylic acids is 1. The van der Waals surface area contributed by atoms with Crippen LogP contribution in [0.2, 0.25) is 5.02 Å². The minimum atomic E-state index is 0.0950. The molecular weight excluding hydrogens is 282 g/mol. The van der Waals surface area contributed by atoms with Gasteiger partial charge in [0.15, 0.2) is 0 Å². The standard InChI is InChI=1S/C18H18ClNO/c1-13-17(14-5-3-2-4-6-14)11-12-20(13)18(21)15-7-9-16(19)10-8-15/h2-10,13,17H,11-12H2,1H3. The average Bonchev–Trinajstić information content (AvgIpc) is 2.90. The van der Waals surface area contributed by atoms with Gasteiger partial charge >= 0.3 is 0 Å². The summed E-state index contributed by atoms with van der Waals surface area (Å²) in [6, 6.07) is 17.8. The van der Waals surface area contributed by atoms with Crippen LogP contribution >= 0.6 is 11.6 Å². The summed E-state index contributed by atoms with van der Waals surface area (Å²) in [5.41, 5.74) is 2.02. The van der Waals surface area contributed by atoms with Crippen LogP contribution in [0.5, 0.6) is 0 Å². The van der Waals surface area contributed by atoms with Crippen LogP contribution in [0.15, 0.2) is 54.6 Å². The van der Waals surface area contributed by atoms with Gasteiger partial charge in [0.1, 0.15) is 0 Å². The van der Waals surface area contributed by atoms with Gasteiger partial charge in [0.25, 0.3) is 5.91 Å². The molecule has 21 heavy (non-hydrogen) atoms. The lowest BCUT2D eigenvalue weighted by molar-refractivity contribution is 0.0742. The first-order valence-corrected chi connectivity index (χ1v) is 7.66. The van der Waals surface area contributed by atoms with Crippen LogP contribution in [-0.4, -0.2) is 23.4 Å². The van der Waals surface area contributed by atoms with Crippen LogP contribution in [0.1, 0.15) is 35.2 Å². The lowest BCUT2D eigenvalue weighted by atomic mass is 9.93. The quantitative estimate of drug-likeness (QED) is 0.807. The van der Waals surface area contributed by atoms with Crippen molar-refractivity contribution in [1.29, 1.82) is 0 Å². The number of hydrogen-bond donors (Lipinski definition) is 0. The van der Waals surface area contributed by atoms with Crippen molar-refractivity contribution in [3.63, 3.8) is 0 Å². The van der Waals surface area contributed by atoms with Gasteiger partial charge in [0.05, 0.1) is 0 Å². The molecule has 1 amide bonds. The molecule has 0 radical (unpaired) electrons. The second-order valence-corrected chi connectivity index (χ2v) is 5.99. The van der Waals surface area contributed by atoms with E-state index in [4.69, 9.17) is 11.6 Å².